The van der Waals surface area contributed by atoms with Gasteiger partial charge in [0.25, 0.3) is 0 Å². The maximum absolute atomic E-state index is 12.3. The molecule has 1 aromatic carbocycles. The Morgan fingerprint density at radius 2 is 1.83 bits per heavy atom. The Labute approximate surface area is 142 Å². The first-order valence-corrected chi connectivity index (χ1v) is 8.31. The van der Waals surface area contributed by atoms with Gasteiger partial charge in [-0.2, -0.15) is 0 Å². The van der Waals surface area contributed by atoms with Gasteiger partial charge in [0.05, 0.1) is 7.11 Å². The van der Waals surface area contributed by atoms with E-state index < -0.39 is 0 Å². The Morgan fingerprint density at radius 3 is 2.46 bits per heavy atom. The molecule has 1 N–H and O–H groups in total. The zero-order valence-corrected chi connectivity index (χ0v) is 13.9. The Morgan fingerprint density at radius 1 is 1.17 bits per heavy atom. The number of anilines is 1. The third-order valence-electron chi connectivity index (χ3n) is 4.47. The van der Waals surface area contributed by atoms with E-state index in [1.165, 1.54) is 5.56 Å². The molecular formula is C19H23N3O2. The predicted molar refractivity (Wildman–Crippen MR) is 93.9 cm³/mol. The van der Waals surface area contributed by atoms with Crippen molar-refractivity contribution in [2.45, 2.75) is 19.4 Å². The molecule has 2 heterocycles. The summed E-state index contributed by atoms with van der Waals surface area (Å²) < 4.78 is 5.19. The summed E-state index contributed by atoms with van der Waals surface area (Å²) in [6.45, 7) is 2.81. The number of piperidine rings is 1. The number of rotatable bonds is 5. The van der Waals surface area contributed by atoms with Gasteiger partial charge in [0.15, 0.2) is 0 Å². The van der Waals surface area contributed by atoms with Crippen LogP contribution in [0.5, 0.6) is 5.75 Å². The van der Waals surface area contributed by atoms with Crippen LogP contribution < -0.4 is 10.1 Å². The lowest BCUT2D eigenvalue weighted by Gasteiger charge is -2.31. The Bertz CT molecular complexity index is 650. The number of hydrogen-bond acceptors (Lipinski definition) is 4. The molecule has 0 spiro atoms. The lowest BCUT2D eigenvalue weighted by atomic mass is 9.95. The summed E-state index contributed by atoms with van der Waals surface area (Å²) in [7, 11) is 1.68. The number of methoxy groups -OCH3 is 1. The monoisotopic (exact) mass is 325 g/mol. The molecule has 1 amide bonds. The normalized spacial score (nSPS) is 15.9. The smallest absolute Gasteiger partial charge is 0.227 e. The molecule has 0 radical (unpaired) electrons. The molecule has 1 saturated heterocycles. The highest BCUT2D eigenvalue weighted by molar-refractivity contribution is 5.92. The van der Waals surface area contributed by atoms with Crippen molar-refractivity contribution in [2.75, 3.05) is 25.5 Å². The molecule has 0 aliphatic carbocycles. The summed E-state index contributed by atoms with van der Waals surface area (Å²) in [5.74, 6) is 1.08. The third-order valence-corrected chi connectivity index (χ3v) is 4.47. The van der Waals surface area contributed by atoms with Crippen molar-refractivity contribution in [1.29, 1.82) is 0 Å². The van der Waals surface area contributed by atoms with Gasteiger partial charge >= 0.3 is 0 Å². The van der Waals surface area contributed by atoms with Gasteiger partial charge < -0.3 is 10.1 Å². The van der Waals surface area contributed by atoms with Crippen LogP contribution in [0.25, 0.3) is 0 Å². The van der Waals surface area contributed by atoms with Crippen LogP contribution in [0.4, 0.5) is 5.69 Å². The number of pyridine rings is 1. The van der Waals surface area contributed by atoms with E-state index in [4.69, 9.17) is 4.74 Å². The molecule has 24 heavy (non-hydrogen) atoms. The number of hydrogen-bond donors (Lipinski definition) is 1. The third kappa shape index (κ3) is 4.32. The number of likely N-dealkylation sites (tertiary alicyclic amines) is 1. The molecule has 3 rings (SSSR count). The van der Waals surface area contributed by atoms with E-state index in [0.29, 0.717) is 0 Å². The SMILES string of the molecule is COc1ccc(CN2CCC(C(=O)Nc3ccncc3)CC2)cc1. The molecule has 1 fully saturated rings. The van der Waals surface area contributed by atoms with Crippen LogP contribution in [0.1, 0.15) is 18.4 Å². The molecule has 0 unspecified atom stereocenters. The quantitative estimate of drug-likeness (QED) is 0.918. The maximum Gasteiger partial charge on any atom is 0.227 e. The van der Waals surface area contributed by atoms with Crippen molar-refractivity contribution in [2.24, 2.45) is 5.92 Å². The van der Waals surface area contributed by atoms with Gasteiger partial charge in [-0.05, 0) is 55.8 Å². The van der Waals surface area contributed by atoms with E-state index in [1.54, 1.807) is 19.5 Å². The molecular weight excluding hydrogens is 302 g/mol. The van der Waals surface area contributed by atoms with Gasteiger partial charge in [0, 0.05) is 30.5 Å². The fourth-order valence-electron chi connectivity index (χ4n) is 3.02. The molecule has 1 aliphatic heterocycles. The number of aromatic nitrogens is 1. The predicted octanol–water partition coefficient (Wildman–Crippen LogP) is 2.94. The van der Waals surface area contributed by atoms with Gasteiger partial charge in [-0.3, -0.25) is 14.7 Å². The zero-order chi connectivity index (χ0) is 16.8. The summed E-state index contributed by atoms with van der Waals surface area (Å²) in [5, 5.41) is 2.98. The van der Waals surface area contributed by atoms with Crippen molar-refractivity contribution >= 4 is 11.6 Å². The summed E-state index contributed by atoms with van der Waals surface area (Å²) in [6.07, 6.45) is 5.17. The number of nitrogens with one attached hydrogen (secondary N) is 1. The first-order valence-electron chi connectivity index (χ1n) is 8.31. The maximum atomic E-state index is 12.3. The summed E-state index contributed by atoms with van der Waals surface area (Å²) >= 11 is 0. The summed E-state index contributed by atoms with van der Waals surface area (Å²) in [5.41, 5.74) is 2.09. The summed E-state index contributed by atoms with van der Waals surface area (Å²) in [6, 6.07) is 11.8. The van der Waals surface area contributed by atoms with Crippen LogP contribution in [0.15, 0.2) is 48.8 Å². The number of amides is 1. The second kappa shape index (κ2) is 7.93. The number of carbonyl (C=O) groups is 1. The molecule has 2 aromatic rings. The van der Waals surface area contributed by atoms with Crippen LogP contribution in [-0.2, 0) is 11.3 Å². The topological polar surface area (TPSA) is 54.5 Å². The van der Waals surface area contributed by atoms with Crippen molar-refractivity contribution in [3.8, 4) is 5.75 Å². The first kappa shape index (κ1) is 16.5. The molecule has 1 aromatic heterocycles. The van der Waals surface area contributed by atoms with Crippen LogP contribution in [-0.4, -0.2) is 36.0 Å². The Kier molecular flexibility index (Phi) is 5.43. The van der Waals surface area contributed by atoms with Gasteiger partial charge in [0.1, 0.15) is 5.75 Å². The fraction of sp³-hybridized carbons (Fsp3) is 0.368. The number of nitrogens with zero attached hydrogens (tertiary/aromatic N) is 2. The average molecular weight is 325 g/mol. The molecule has 0 atom stereocenters. The van der Waals surface area contributed by atoms with Crippen molar-refractivity contribution < 1.29 is 9.53 Å². The van der Waals surface area contributed by atoms with Crippen LogP contribution >= 0.6 is 0 Å². The minimum absolute atomic E-state index is 0.0882. The number of ether oxygens (including phenoxy) is 1. The van der Waals surface area contributed by atoms with Crippen LogP contribution in [0.2, 0.25) is 0 Å². The van der Waals surface area contributed by atoms with Crippen molar-refractivity contribution in [3.63, 3.8) is 0 Å². The molecule has 1 aliphatic rings. The largest absolute Gasteiger partial charge is 0.497 e. The van der Waals surface area contributed by atoms with E-state index in [-0.39, 0.29) is 11.8 Å². The Hall–Kier alpha value is -2.40. The average Bonchev–Trinajstić information content (AvgIpc) is 2.64. The number of benzene rings is 1. The highest BCUT2D eigenvalue weighted by atomic mass is 16.5. The second-order valence-corrected chi connectivity index (χ2v) is 6.12. The molecule has 0 bridgehead atoms. The van der Waals surface area contributed by atoms with Gasteiger partial charge in [-0.15, -0.1) is 0 Å². The standard InChI is InChI=1S/C19H23N3O2/c1-24-18-4-2-15(3-5-18)14-22-12-8-16(9-13-22)19(23)21-17-6-10-20-11-7-17/h2-7,10-11,16H,8-9,12-14H2,1H3,(H,20,21,23). The second-order valence-electron chi connectivity index (χ2n) is 6.12. The lowest BCUT2D eigenvalue weighted by molar-refractivity contribution is -0.121. The Balaban J connectivity index is 1.47. The van der Waals surface area contributed by atoms with Crippen LogP contribution in [0.3, 0.4) is 0 Å². The van der Waals surface area contributed by atoms with E-state index in [1.807, 2.05) is 24.3 Å². The van der Waals surface area contributed by atoms with Crippen molar-refractivity contribution in [3.05, 3.63) is 54.4 Å². The summed E-state index contributed by atoms with van der Waals surface area (Å²) in [4.78, 5) is 18.7. The van der Waals surface area contributed by atoms with Gasteiger partial charge in [0.2, 0.25) is 5.91 Å². The minimum atomic E-state index is 0.0882. The van der Waals surface area contributed by atoms with Crippen LogP contribution in [0, 0.1) is 5.92 Å². The number of carbonyl (C=O) groups excluding carboxylic acids is 1. The molecule has 5 heteroatoms. The van der Waals surface area contributed by atoms with Crippen molar-refractivity contribution in [1.82, 2.24) is 9.88 Å². The van der Waals surface area contributed by atoms with E-state index in [0.717, 1.165) is 43.9 Å². The minimum Gasteiger partial charge on any atom is -0.497 e. The molecule has 5 nitrogen and oxygen atoms in total. The fourth-order valence-corrected chi connectivity index (χ4v) is 3.02. The van der Waals surface area contributed by atoms with Gasteiger partial charge in [-0.25, -0.2) is 0 Å². The van der Waals surface area contributed by atoms with E-state index >= 15 is 0 Å². The lowest BCUT2D eigenvalue weighted by Crippen LogP contribution is -2.37. The van der Waals surface area contributed by atoms with Gasteiger partial charge in [-0.1, -0.05) is 12.1 Å². The molecule has 126 valence electrons. The first-order chi connectivity index (χ1) is 11.7. The van der Waals surface area contributed by atoms with E-state index in [2.05, 4.69) is 27.3 Å². The highest BCUT2D eigenvalue weighted by Gasteiger charge is 2.25. The zero-order valence-electron chi connectivity index (χ0n) is 13.9. The molecule has 0 saturated carbocycles. The van der Waals surface area contributed by atoms with E-state index in [9.17, 15) is 4.79 Å². The highest BCUT2D eigenvalue weighted by Crippen LogP contribution is 2.21.